The van der Waals surface area contributed by atoms with Crippen molar-refractivity contribution in [3.8, 4) is 0 Å². The second kappa shape index (κ2) is 7.07. The lowest BCUT2D eigenvalue weighted by atomic mass is 10.0. The summed E-state index contributed by atoms with van der Waals surface area (Å²) in [5.41, 5.74) is 1.22. The molecule has 1 saturated heterocycles. The van der Waals surface area contributed by atoms with Gasteiger partial charge in [-0.05, 0) is 23.6 Å². The van der Waals surface area contributed by atoms with Crippen molar-refractivity contribution in [2.45, 2.75) is 18.9 Å². The molecule has 20 heavy (non-hydrogen) atoms. The van der Waals surface area contributed by atoms with Gasteiger partial charge in [-0.1, -0.05) is 30.7 Å². The number of carbonyl (C=O) groups is 1. The third kappa shape index (κ3) is 3.95. The van der Waals surface area contributed by atoms with Crippen molar-refractivity contribution in [1.82, 2.24) is 10.2 Å². The lowest BCUT2D eigenvalue weighted by Crippen LogP contribution is -2.49. The van der Waals surface area contributed by atoms with Crippen LogP contribution in [0, 0.1) is 0 Å². The topological polar surface area (TPSA) is 41.6 Å². The summed E-state index contributed by atoms with van der Waals surface area (Å²) in [5, 5.41) is 3.40. The monoisotopic (exact) mass is 296 g/mol. The molecule has 0 saturated carbocycles. The highest BCUT2D eigenvalue weighted by Gasteiger charge is 2.26. The van der Waals surface area contributed by atoms with Crippen molar-refractivity contribution < 1.29 is 9.53 Å². The molecular weight excluding hydrogens is 276 g/mol. The molecule has 110 valence electrons. The van der Waals surface area contributed by atoms with E-state index in [0.717, 1.165) is 18.1 Å². The molecule has 1 aliphatic rings. The number of nitrogens with one attached hydrogen (secondary N) is 1. The van der Waals surface area contributed by atoms with E-state index in [4.69, 9.17) is 16.3 Å². The molecule has 1 fully saturated rings. The van der Waals surface area contributed by atoms with Gasteiger partial charge in [0.25, 0.3) is 0 Å². The average molecular weight is 297 g/mol. The SMILES string of the molecule is CNC(=O)[C@H]1CN(C[C@@H](C)c2cccc(Cl)c2)CCO1. The first-order chi connectivity index (χ1) is 9.60. The van der Waals surface area contributed by atoms with Crippen LogP contribution in [0.25, 0.3) is 0 Å². The van der Waals surface area contributed by atoms with Crippen LogP contribution in [0.2, 0.25) is 5.02 Å². The molecule has 1 aromatic carbocycles. The Balaban J connectivity index is 1.94. The Labute approximate surface area is 125 Å². The standard InChI is InChI=1S/C15H21ClN2O2/c1-11(12-4-3-5-13(16)8-12)9-18-6-7-20-14(10-18)15(19)17-2/h3-5,8,11,14H,6-7,9-10H2,1-2H3,(H,17,19)/t11-,14-/m1/s1. The van der Waals surface area contributed by atoms with Crippen LogP contribution in [-0.2, 0) is 9.53 Å². The summed E-state index contributed by atoms with van der Waals surface area (Å²) < 4.78 is 5.49. The Morgan fingerprint density at radius 1 is 1.60 bits per heavy atom. The van der Waals surface area contributed by atoms with E-state index in [1.165, 1.54) is 5.56 Å². The Kier molecular flexibility index (Phi) is 5.40. The fourth-order valence-electron chi connectivity index (χ4n) is 2.49. The van der Waals surface area contributed by atoms with Gasteiger partial charge < -0.3 is 10.1 Å². The van der Waals surface area contributed by atoms with Crippen LogP contribution < -0.4 is 5.32 Å². The molecule has 1 aliphatic heterocycles. The number of ether oxygens (including phenoxy) is 1. The zero-order chi connectivity index (χ0) is 14.5. The van der Waals surface area contributed by atoms with Crippen molar-refractivity contribution in [1.29, 1.82) is 0 Å². The van der Waals surface area contributed by atoms with Crippen molar-refractivity contribution in [2.24, 2.45) is 0 Å². The van der Waals surface area contributed by atoms with Gasteiger partial charge in [-0.2, -0.15) is 0 Å². The van der Waals surface area contributed by atoms with Crippen LogP contribution in [0.4, 0.5) is 0 Å². The fourth-order valence-corrected chi connectivity index (χ4v) is 2.69. The fraction of sp³-hybridized carbons (Fsp3) is 0.533. The van der Waals surface area contributed by atoms with Crippen LogP contribution in [-0.4, -0.2) is 50.2 Å². The molecule has 1 heterocycles. The first-order valence-electron chi connectivity index (χ1n) is 6.91. The van der Waals surface area contributed by atoms with E-state index < -0.39 is 0 Å². The first kappa shape index (κ1) is 15.3. The van der Waals surface area contributed by atoms with Gasteiger partial charge in [-0.15, -0.1) is 0 Å². The maximum atomic E-state index is 11.6. The van der Waals surface area contributed by atoms with Crippen molar-refractivity contribution in [3.63, 3.8) is 0 Å². The number of hydrogen-bond acceptors (Lipinski definition) is 3. The predicted octanol–water partition coefficient (Wildman–Crippen LogP) is 1.89. The number of amides is 1. The van der Waals surface area contributed by atoms with E-state index in [1.54, 1.807) is 7.05 Å². The Morgan fingerprint density at radius 3 is 3.10 bits per heavy atom. The highest BCUT2D eigenvalue weighted by molar-refractivity contribution is 6.30. The Hall–Kier alpha value is -1.10. The smallest absolute Gasteiger partial charge is 0.250 e. The van der Waals surface area contributed by atoms with Gasteiger partial charge in [0.15, 0.2) is 0 Å². The van der Waals surface area contributed by atoms with Gasteiger partial charge in [-0.3, -0.25) is 9.69 Å². The number of carbonyl (C=O) groups excluding carboxylic acids is 1. The van der Waals surface area contributed by atoms with Gasteiger partial charge in [0.1, 0.15) is 6.10 Å². The number of halogens is 1. The summed E-state index contributed by atoms with van der Waals surface area (Å²) in [6, 6.07) is 7.95. The van der Waals surface area contributed by atoms with Crippen molar-refractivity contribution in [3.05, 3.63) is 34.9 Å². The normalized spacial score (nSPS) is 21.4. The highest BCUT2D eigenvalue weighted by atomic mass is 35.5. The van der Waals surface area contributed by atoms with Crippen LogP contribution in [0.3, 0.4) is 0 Å². The summed E-state index contributed by atoms with van der Waals surface area (Å²) in [5.74, 6) is 0.322. The lowest BCUT2D eigenvalue weighted by Gasteiger charge is -2.33. The minimum atomic E-state index is -0.361. The van der Waals surface area contributed by atoms with Crippen LogP contribution in [0.15, 0.2) is 24.3 Å². The molecular formula is C15H21ClN2O2. The third-order valence-corrected chi connectivity index (χ3v) is 3.87. The summed E-state index contributed by atoms with van der Waals surface area (Å²) in [6.07, 6.45) is -0.361. The molecule has 1 N–H and O–H groups in total. The summed E-state index contributed by atoms with van der Waals surface area (Å²) in [7, 11) is 1.64. The molecule has 0 spiro atoms. The Bertz CT molecular complexity index is 467. The number of nitrogens with zero attached hydrogens (tertiary/aromatic N) is 1. The Morgan fingerprint density at radius 2 is 2.40 bits per heavy atom. The number of likely N-dealkylation sites (N-methyl/N-ethyl adjacent to an activating group) is 1. The van der Waals surface area contributed by atoms with E-state index >= 15 is 0 Å². The van der Waals surface area contributed by atoms with Crippen molar-refractivity contribution >= 4 is 17.5 Å². The molecule has 1 amide bonds. The summed E-state index contributed by atoms with van der Waals surface area (Å²) in [6.45, 7) is 5.18. The molecule has 2 atom stereocenters. The van der Waals surface area contributed by atoms with E-state index in [1.807, 2.05) is 18.2 Å². The molecule has 0 aromatic heterocycles. The highest BCUT2D eigenvalue weighted by Crippen LogP contribution is 2.21. The number of rotatable bonds is 4. The van der Waals surface area contributed by atoms with Gasteiger partial charge in [0.2, 0.25) is 5.91 Å². The largest absolute Gasteiger partial charge is 0.366 e. The third-order valence-electron chi connectivity index (χ3n) is 3.64. The van der Waals surface area contributed by atoms with Gasteiger partial charge in [0, 0.05) is 31.7 Å². The second-order valence-electron chi connectivity index (χ2n) is 5.19. The summed E-state index contributed by atoms with van der Waals surface area (Å²) >= 11 is 6.03. The zero-order valence-electron chi connectivity index (χ0n) is 11.9. The van der Waals surface area contributed by atoms with E-state index in [0.29, 0.717) is 19.1 Å². The number of hydrogen-bond donors (Lipinski definition) is 1. The molecule has 4 nitrogen and oxygen atoms in total. The molecule has 0 aliphatic carbocycles. The quantitative estimate of drug-likeness (QED) is 0.922. The maximum absolute atomic E-state index is 11.6. The van der Waals surface area contributed by atoms with Crippen molar-refractivity contribution in [2.75, 3.05) is 33.3 Å². The van der Waals surface area contributed by atoms with Crippen LogP contribution in [0.1, 0.15) is 18.4 Å². The molecule has 5 heteroatoms. The number of benzene rings is 1. The summed E-state index contributed by atoms with van der Waals surface area (Å²) in [4.78, 5) is 13.9. The van der Waals surface area contributed by atoms with E-state index in [2.05, 4.69) is 23.2 Å². The predicted molar refractivity (Wildman–Crippen MR) is 80.1 cm³/mol. The van der Waals surface area contributed by atoms with Crippen LogP contribution >= 0.6 is 11.6 Å². The zero-order valence-corrected chi connectivity index (χ0v) is 12.7. The number of morpholine rings is 1. The molecule has 2 rings (SSSR count). The van der Waals surface area contributed by atoms with Crippen LogP contribution in [0.5, 0.6) is 0 Å². The minimum absolute atomic E-state index is 0.0508. The van der Waals surface area contributed by atoms with E-state index in [-0.39, 0.29) is 12.0 Å². The van der Waals surface area contributed by atoms with Gasteiger partial charge in [0.05, 0.1) is 6.61 Å². The molecule has 1 aromatic rings. The van der Waals surface area contributed by atoms with Gasteiger partial charge >= 0.3 is 0 Å². The second-order valence-corrected chi connectivity index (χ2v) is 5.63. The maximum Gasteiger partial charge on any atom is 0.250 e. The van der Waals surface area contributed by atoms with Gasteiger partial charge in [-0.25, -0.2) is 0 Å². The van der Waals surface area contributed by atoms with E-state index in [9.17, 15) is 4.79 Å². The first-order valence-corrected chi connectivity index (χ1v) is 7.29. The molecule has 0 unspecified atom stereocenters. The average Bonchev–Trinajstić information content (AvgIpc) is 2.46. The molecule has 0 radical (unpaired) electrons. The molecule has 0 bridgehead atoms. The lowest BCUT2D eigenvalue weighted by molar-refractivity contribution is -0.138. The minimum Gasteiger partial charge on any atom is -0.366 e.